The van der Waals surface area contributed by atoms with Crippen LogP contribution in [0.4, 0.5) is 0 Å². The monoisotopic (exact) mass is 333 g/mol. The van der Waals surface area contributed by atoms with Crippen molar-refractivity contribution >= 4 is 21.9 Å². The van der Waals surface area contributed by atoms with Crippen LogP contribution in [0.2, 0.25) is 0 Å². The first-order valence-electron chi connectivity index (χ1n) is 5.93. The molecule has 1 saturated heterocycles. The summed E-state index contributed by atoms with van der Waals surface area (Å²) in [6.45, 7) is 2.09. The summed E-state index contributed by atoms with van der Waals surface area (Å²) in [5, 5.41) is 0. The number of esters is 1. The van der Waals surface area contributed by atoms with Crippen molar-refractivity contribution in [3.63, 3.8) is 0 Å². The second-order valence-corrected chi connectivity index (χ2v) is 5.50. The van der Waals surface area contributed by atoms with Gasteiger partial charge in [0.2, 0.25) is 0 Å². The number of benzene rings is 1. The number of carbonyl (C=O) groups is 1. The molecule has 1 aliphatic rings. The van der Waals surface area contributed by atoms with Crippen LogP contribution < -0.4 is 17.3 Å². The number of nitrogens with one attached hydrogen (secondary N) is 1. The Balaban J connectivity index is 0.00000162. The molecule has 1 aliphatic heterocycles. The molecular formula is C13H17BrClNO2. The number of likely N-dealkylation sites (N-methyl/N-ethyl adjacent to an activating group) is 1. The number of quaternary nitrogens is 1. The largest absolute Gasteiger partial charge is 1.00 e. The highest BCUT2D eigenvalue weighted by Gasteiger charge is 2.23. The maximum Gasteiger partial charge on any atom is 0.338 e. The zero-order valence-electron chi connectivity index (χ0n) is 10.3. The van der Waals surface area contributed by atoms with Crippen molar-refractivity contribution in [1.29, 1.82) is 0 Å². The maximum atomic E-state index is 11.9. The number of hydrogen-bond donors (Lipinski definition) is 1. The standard InChI is InChI=1S/C13H16BrNO2.ClH/c1-15-8-2-3-12(9-15)17-13(16)10-4-6-11(14)7-5-10;/h4-7,12H,2-3,8-9H2,1H3;1H. The van der Waals surface area contributed by atoms with E-state index in [-0.39, 0.29) is 24.5 Å². The number of likely N-dealkylation sites (tertiary alicyclic amines) is 1. The van der Waals surface area contributed by atoms with E-state index < -0.39 is 0 Å². The minimum atomic E-state index is -0.211. The lowest BCUT2D eigenvalue weighted by atomic mass is 10.1. The minimum absolute atomic E-state index is 0. The van der Waals surface area contributed by atoms with Gasteiger partial charge in [-0.3, -0.25) is 0 Å². The number of ether oxygens (including phenoxy) is 1. The van der Waals surface area contributed by atoms with E-state index >= 15 is 0 Å². The molecule has 0 aromatic heterocycles. The predicted octanol–water partition coefficient (Wildman–Crippen LogP) is -1.71. The van der Waals surface area contributed by atoms with Gasteiger partial charge in [0.15, 0.2) is 6.10 Å². The van der Waals surface area contributed by atoms with Gasteiger partial charge >= 0.3 is 5.97 Å². The number of rotatable bonds is 2. The van der Waals surface area contributed by atoms with Gasteiger partial charge in [0.1, 0.15) is 6.54 Å². The lowest BCUT2D eigenvalue weighted by Crippen LogP contribution is -3.11. The van der Waals surface area contributed by atoms with Crippen molar-refractivity contribution in [2.75, 3.05) is 20.1 Å². The number of piperidine rings is 1. The van der Waals surface area contributed by atoms with Crippen LogP contribution in [0.15, 0.2) is 28.7 Å². The minimum Gasteiger partial charge on any atom is -1.00 e. The molecule has 100 valence electrons. The molecule has 1 aromatic rings. The van der Waals surface area contributed by atoms with Crippen molar-refractivity contribution in [3.05, 3.63) is 34.3 Å². The number of halogens is 2. The molecule has 1 N–H and O–H groups in total. The Morgan fingerprint density at radius 1 is 1.39 bits per heavy atom. The SMILES string of the molecule is C[NH+]1CCCC(OC(=O)c2ccc(Br)cc2)C1.[Cl-]. The Bertz CT molecular complexity index is 396. The quantitative estimate of drug-likeness (QED) is 0.653. The summed E-state index contributed by atoms with van der Waals surface area (Å²) in [5.74, 6) is -0.211. The third kappa shape index (κ3) is 4.26. The average molecular weight is 335 g/mol. The molecule has 0 aliphatic carbocycles. The molecule has 1 fully saturated rings. The molecule has 3 nitrogen and oxygen atoms in total. The summed E-state index contributed by atoms with van der Waals surface area (Å²) in [5.41, 5.74) is 0.622. The first kappa shape index (κ1) is 15.5. The second kappa shape index (κ2) is 7.12. The Kier molecular flexibility index (Phi) is 6.12. The lowest BCUT2D eigenvalue weighted by molar-refractivity contribution is -0.888. The van der Waals surface area contributed by atoms with E-state index in [2.05, 4.69) is 23.0 Å². The van der Waals surface area contributed by atoms with E-state index in [1.165, 1.54) is 11.4 Å². The fourth-order valence-electron chi connectivity index (χ4n) is 2.13. The molecule has 5 heteroatoms. The van der Waals surface area contributed by atoms with Gasteiger partial charge in [-0.2, -0.15) is 0 Å². The van der Waals surface area contributed by atoms with Crippen LogP contribution in [-0.2, 0) is 4.74 Å². The molecule has 0 amide bonds. The average Bonchev–Trinajstić information content (AvgIpc) is 2.29. The van der Waals surface area contributed by atoms with E-state index in [1.807, 2.05) is 12.1 Å². The molecular weight excluding hydrogens is 318 g/mol. The highest BCUT2D eigenvalue weighted by molar-refractivity contribution is 9.10. The van der Waals surface area contributed by atoms with E-state index in [0.29, 0.717) is 5.56 Å². The molecule has 2 unspecified atom stereocenters. The van der Waals surface area contributed by atoms with Gasteiger partial charge in [-0.25, -0.2) is 4.79 Å². The lowest BCUT2D eigenvalue weighted by Gasteiger charge is -2.26. The smallest absolute Gasteiger partial charge is 0.338 e. The fraction of sp³-hybridized carbons (Fsp3) is 0.462. The van der Waals surface area contributed by atoms with E-state index in [9.17, 15) is 4.79 Å². The summed E-state index contributed by atoms with van der Waals surface area (Å²) in [6.07, 6.45) is 2.18. The molecule has 18 heavy (non-hydrogen) atoms. The molecule has 0 saturated carbocycles. The summed E-state index contributed by atoms with van der Waals surface area (Å²) in [4.78, 5) is 13.3. The zero-order valence-corrected chi connectivity index (χ0v) is 12.6. The Hall–Kier alpha value is -0.580. The Labute approximate surface area is 122 Å². The molecule has 2 rings (SSSR count). The second-order valence-electron chi connectivity index (χ2n) is 4.59. The highest BCUT2D eigenvalue weighted by Crippen LogP contribution is 2.13. The maximum absolute atomic E-state index is 11.9. The third-order valence-electron chi connectivity index (χ3n) is 3.06. The summed E-state index contributed by atoms with van der Waals surface area (Å²) in [7, 11) is 2.14. The topological polar surface area (TPSA) is 30.7 Å². The van der Waals surface area contributed by atoms with Gasteiger partial charge < -0.3 is 22.0 Å². The number of carbonyl (C=O) groups excluding carboxylic acids is 1. The number of hydrogen-bond acceptors (Lipinski definition) is 2. The first-order chi connectivity index (χ1) is 8.15. The van der Waals surface area contributed by atoms with Crippen LogP contribution in [0.5, 0.6) is 0 Å². The molecule has 1 aromatic carbocycles. The molecule has 2 atom stereocenters. The zero-order chi connectivity index (χ0) is 12.3. The van der Waals surface area contributed by atoms with Crippen LogP contribution in [0, 0.1) is 0 Å². The van der Waals surface area contributed by atoms with Crippen LogP contribution in [0.25, 0.3) is 0 Å². The molecule has 0 radical (unpaired) electrons. The van der Waals surface area contributed by atoms with Crippen LogP contribution >= 0.6 is 15.9 Å². The van der Waals surface area contributed by atoms with Crippen molar-refractivity contribution in [1.82, 2.24) is 0 Å². The van der Waals surface area contributed by atoms with E-state index in [1.54, 1.807) is 12.1 Å². The van der Waals surface area contributed by atoms with Gasteiger partial charge in [-0.1, -0.05) is 15.9 Å². The van der Waals surface area contributed by atoms with Crippen molar-refractivity contribution in [3.8, 4) is 0 Å². The first-order valence-corrected chi connectivity index (χ1v) is 6.72. The summed E-state index contributed by atoms with van der Waals surface area (Å²) in [6, 6.07) is 7.28. The van der Waals surface area contributed by atoms with Crippen LogP contribution in [0.1, 0.15) is 23.2 Å². The Morgan fingerprint density at radius 3 is 2.67 bits per heavy atom. The van der Waals surface area contributed by atoms with Crippen molar-refractivity contribution in [2.24, 2.45) is 0 Å². The van der Waals surface area contributed by atoms with Crippen molar-refractivity contribution in [2.45, 2.75) is 18.9 Å². The van der Waals surface area contributed by atoms with Crippen LogP contribution in [0.3, 0.4) is 0 Å². The van der Waals surface area contributed by atoms with Gasteiger partial charge in [-0.05, 0) is 30.7 Å². The van der Waals surface area contributed by atoms with Crippen molar-refractivity contribution < 1.29 is 26.8 Å². The molecule has 0 bridgehead atoms. The van der Waals surface area contributed by atoms with Gasteiger partial charge in [0.05, 0.1) is 19.2 Å². The van der Waals surface area contributed by atoms with E-state index in [4.69, 9.17) is 4.74 Å². The highest BCUT2D eigenvalue weighted by atomic mass is 79.9. The normalized spacial score (nSPS) is 23.0. The van der Waals surface area contributed by atoms with E-state index in [0.717, 1.165) is 23.9 Å². The third-order valence-corrected chi connectivity index (χ3v) is 3.59. The van der Waals surface area contributed by atoms with Gasteiger partial charge in [0.25, 0.3) is 0 Å². The Morgan fingerprint density at radius 2 is 2.06 bits per heavy atom. The summed E-state index contributed by atoms with van der Waals surface area (Å²) < 4.78 is 6.48. The van der Waals surface area contributed by atoms with Crippen LogP contribution in [-0.4, -0.2) is 32.2 Å². The molecule has 0 spiro atoms. The summed E-state index contributed by atoms with van der Waals surface area (Å²) >= 11 is 3.35. The molecule has 1 heterocycles. The fourth-order valence-corrected chi connectivity index (χ4v) is 2.39. The van der Waals surface area contributed by atoms with Gasteiger partial charge in [-0.15, -0.1) is 0 Å². The predicted molar refractivity (Wildman–Crippen MR) is 69.2 cm³/mol. The van der Waals surface area contributed by atoms with Gasteiger partial charge in [0, 0.05) is 10.9 Å².